The minimum absolute atomic E-state index is 0.522. The van der Waals surface area contributed by atoms with Crippen LogP contribution in [0.2, 0.25) is 5.15 Å². The van der Waals surface area contributed by atoms with Crippen molar-refractivity contribution in [1.82, 2.24) is 24.5 Å². The molecule has 2 aromatic heterocycles. The fraction of sp³-hybridized carbons (Fsp3) is 0.643. The molecular formula is C14H19ClN6. The van der Waals surface area contributed by atoms with Gasteiger partial charge in [-0.2, -0.15) is 19.6 Å². The first-order chi connectivity index (χ1) is 10.1. The molecule has 2 aromatic rings. The lowest BCUT2D eigenvalue weighted by Crippen LogP contribution is -2.37. The molecule has 6 nitrogen and oxygen atoms in total. The minimum Gasteiger partial charge on any atom is -0.355 e. The molecule has 7 heteroatoms. The van der Waals surface area contributed by atoms with Crippen LogP contribution in [0.1, 0.15) is 24.8 Å². The van der Waals surface area contributed by atoms with Gasteiger partial charge in [-0.1, -0.05) is 11.6 Å². The number of nitrogens with zero attached hydrogens (tertiary/aromatic N) is 6. The normalized spacial score (nSPS) is 26.5. The molecule has 4 rings (SSSR count). The summed E-state index contributed by atoms with van der Waals surface area (Å²) in [5, 5.41) is 4.86. The van der Waals surface area contributed by atoms with Crippen LogP contribution in [0, 0.1) is 6.92 Å². The Kier molecular flexibility index (Phi) is 3.04. The van der Waals surface area contributed by atoms with Crippen LogP contribution in [0.15, 0.2) is 6.33 Å². The van der Waals surface area contributed by atoms with Gasteiger partial charge >= 0.3 is 0 Å². The Morgan fingerprint density at radius 2 is 2.05 bits per heavy atom. The fourth-order valence-corrected chi connectivity index (χ4v) is 3.92. The summed E-state index contributed by atoms with van der Waals surface area (Å²) in [4.78, 5) is 13.4. The third-order valence-corrected chi connectivity index (χ3v) is 5.39. The van der Waals surface area contributed by atoms with Gasteiger partial charge in [0, 0.05) is 30.7 Å². The standard InChI is InChI=1S/C14H19ClN6/c1-9-12(15)18-14-16-8-17-21(14)13(9)20-6-5-10-3-4-11(7-20)19(10)2/h8,10-11H,3-7H2,1-2H3. The van der Waals surface area contributed by atoms with Gasteiger partial charge in [0.25, 0.3) is 5.78 Å². The number of hydrogen-bond acceptors (Lipinski definition) is 5. The molecule has 2 atom stereocenters. The molecule has 4 heterocycles. The zero-order chi connectivity index (χ0) is 14.6. The first kappa shape index (κ1) is 13.3. The molecule has 0 aliphatic carbocycles. The second-order valence-corrected chi connectivity index (χ2v) is 6.47. The van der Waals surface area contributed by atoms with Crippen LogP contribution in [-0.2, 0) is 0 Å². The van der Waals surface area contributed by atoms with E-state index >= 15 is 0 Å². The van der Waals surface area contributed by atoms with Gasteiger partial charge in [0.15, 0.2) is 0 Å². The molecule has 0 saturated carbocycles. The predicted molar refractivity (Wildman–Crippen MR) is 81.9 cm³/mol. The van der Waals surface area contributed by atoms with E-state index in [2.05, 4.69) is 31.9 Å². The van der Waals surface area contributed by atoms with E-state index in [0.717, 1.165) is 24.5 Å². The molecule has 2 unspecified atom stereocenters. The van der Waals surface area contributed by atoms with Crippen molar-refractivity contribution in [3.05, 3.63) is 17.0 Å². The molecule has 2 fully saturated rings. The van der Waals surface area contributed by atoms with E-state index in [-0.39, 0.29) is 0 Å². The largest absolute Gasteiger partial charge is 0.355 e. The third kappa shape index (κ3) is 2.00. The second-order valence-electron chi connectivity index (χ2n) is 6.11. The van der Waals surface area contributed by atoms with Crippen molar-refractivity contribution in [3.8, 4) is 0 Å². The predicted octanol–water partition coefficient (Wildman–Crippen LogP) is 1.76. The van der Waals surface area contributed by atoms with Gasteiger partial charge < -0.3 is 4.90 Å². The van der Waals surface area contributed by atoms with Gasteiger partial charge in [0.1, 0.15) is 17.3 Å². The zero-order valence-corrected chi connectivity index (χ0v) is 13.1. The number of halogens is 1. The summed E-state index contributed by atoms with van der Waals surface area (Å²) >= 11 is 6.29. The highest BCUT2D eigenvalue weighted by atomic mass is 35.5. The van der Waals surface area contributed by atoms with Crippen LogP contribution in [-0.4, -0.2) is 56.7 Å². The van der Waals surface area contributed by atoms with E-state index in [4.69, 9.17) is 11.6 Å². The topological polar surface area (TPSA) is 49.6 Å². The number of aromatic nitrogens is 4. The number of likely N-dealkylation sites (N-methyl/N-ethyl adjacent to an activating group) is 1. The highest BCUT2D eigenvalue weighted by molar-refractivity contribution is 6.30. The maximum Gasteiger partial charge on any atom is 0.255 e. The Hall–Kier alpha value is -1.40. The average molecular weight is 307 g/mol. The maximum atomic E-state index is 6.29. The van der Waals surface area contributed by atoms with Crippen molar-refractivity contribution in [2.75, 3.05) is 25.0 Å². The Labute approximate surface area is 128 Å². The van der Waals surface area contributed by atoms with Crippen LogP contribution in [0.3, 0.4) is 0 Å². The Morgan fingerprint density at radius 1 is 1.24 bits per heavy atom. The van der Waals surface area contributed by atoms with Crippen LogP contribution >= 0.6 is 11.6 Å². The first-order valence-corrected chi connectivity index (χ1v) is 7.85. The van der Waals surface area contributed by atoms with Crippen LogP contribution in [0.25, 0.3) is 5.78 Å². The van der Waals surface area contributed by atoms with Crippen molar-refractivity contribution < 1.29 is 0 Å². The van der Waals surface area contributed by atoms with E-state index in [1.165, 1.54) is 25.6 Å². The summed E-state index contributed by atoms with van der Waals surface area (Å²) in [6.07, 6.45) is 5.32. The minimum atomic E-state index is 0.522. The van der Waals surface area contributed by atoms with Gasteiger partial charge in [0.05, 0.1) is 0 Å². The molecule has 21 heavy (non-hydrogen) atoms. The average Bonchev–Trinajstić information content (AvgIpc) is 2.98. The number of anilines is 1. The lowest BCUT2D eigenvalue weighted by Gasteiger charge is -2.28. The van der Waals surface area contributed by atoms with Crippen molar-refractivity contribution in [3.63, 3.8) is 0 Å². The van der Waals surface area contributed by atoms with E-state index in [0.29, 0.717) is 23.0 Å². The summed E-state index contributed by atoms with van der Waals surface area (Å²) in [5.74, 6) is 1.62. The van der Waals surface area contributed by atoms with Crippen LogP contribution in [0.5, 0.6) is 0 Å². The van der Waals surface area contributed by atoms with Gasteiger partial charge in [-0.25, -0.2) is 0 Å². The molecule has 2 bridgehead atoms. The Morgan fingerprint density at radius 3 is 2.90 bits per heavy atom. The second kappa shape index (κ2) is 4.81. The lowest BCUT2D eigenvalue weighted by atomic mass is 10.1. The molecule has 112 valence electrons. The van der Waals surface area contributed by atoms with E-state index in [1.807, 2.05) is 11.4 Å². The van der Waals surface area contributed by atoms with E-state index in [9.17, 15) is 0 Å². The first-order valence-electron chi connectivity index (χ1n) is 7.48. The summed E-state index contributed by atoms with van der Waals surface area (Å²) in [6, 6.07) is 1.33. The molecule has 0 spiro atoms. The molecule has 2 aliphatic rings. The van der Waals surface area contributed by atoms with Crippen LogP contribution in [0.4, 0.5) is 5.82 Å². The maximum absolute atomic E-state index is 6.29. The molecule has 0 amide bonds. The highest BCUT2D eigenvalue weighted by Crippen LogP contribution is 2.33. The molecule has 0 radical (unpaired) electrons. The Bertz CT molecular complexity index is 683. The van der Waals surface area contributed by atoms with Gasteiger partial charge in [-0.3, -0.25) is 4.90 Å². The van der Waals surface area contributed by atoms with Gasteiger partial charge in [-0.15, -0.1) is 0 Å². The van der Waals surface area contributed by atoms with E-state index in [1.54, 1.807) is 0 Å². The van der Waals surface area contributed by atoms with Crippen molar-refractivity contribution in [1.29, 1.82) is 0 Å². The number of rotatable bonds is 1. The van der Waals surface area contributed by atoms with E-state index < -0.39 is 0 Å². The lowest BCUT2D eigenvalue weighted by molar-refractivity contribution is 0.254. The summed E-state index contributed by atoms with van der Waals surface area (Å²) in [6.45, 7) is 4.06. The summed E-state index contributed by atoms with van der Waals surface area (Å²) in [7, 11) is 2.25. The quantitative estimate of drug-likeness (QED) is 0.751. The Balaban J connectivity index is 1.79. The molecule has 2 saturated heterocycles. The number of fused-ring (bicyclic) bond motifs is 3. The SMILES string of the molecule is Cc1c(Cl)nc2ncnn2c1N1CCC2CCC(C1)N2C. The summed E-state index contributed by atoms with van der Waals surface area (Å²) < 4.78 is 1.82. The molecular weight excluding hydrogens is 288 g/mol. The number of hydrogen-bond donors (Lipinski definition) is 0. The molecule has 0 N–H and O–H groups in total. The van der Waals surface area contributed by atoms with Crippen molar-refractivity contribution in [2.45, 2.75) is 38.3 Å². The van der Waals surface area contributed by atoms with Crippen molar-refractivity contribution >= 4 is 23.2 Å². The smallest absolute Gasteiger partial charge is 0.255 e. The monoisotopic (exact) mass is 306 g/mol. The molecule has 2 aliphatic heterocycles. The highest BCUT2D eigenvalue weighted by Gasteiger charge is 2.35. The molecule has 0 aromatic carbocycles. The van der Waals surface area contributed by atoms with Gasteiger partial charge in [-0.05, 0) is 33.2 Å². The fourth-order valence-electron chi connectivity index (χ4n) is 3.76. The van der Waals surface area contributed by atoms with Crippen molar-refractivity contribution in [2.24, 2.45) is 0 Å². The van der Waals surface area contributed by atoms with Gasteiger partial charge in [0.2, 0.25) is 0 Å². The third-order valence-electron chi connectivity index (χ3n) is 5.02. The zero-order valence-electron chi connectivity index (χ0n) is 12.3. The van der Waals surface area contributed by atoms with Crippen LogP contribution < -0.4 is 4.90 Å². The summed E-state index contributed by atoms with van der Waals surface area (Å²) in [5.41, 5.74) is 0.982.